The van der Waals surface area contributed by atoms with Crippen LogP contribution in [-0.2, 0) is 6.18 Å². The summed E-state index contributed by atoms with van der Waals surface area (Å²) in [5.74, 6) is 0. The molecular weight excluding hydrogens is 279 g/mol. The van der Waals surface area contributed by atoms with Gasteiger partial charge in [-0.05, 0) is 23.1 Å². The predicted molar refractivity (Wildman–Crippen MR) is 68.8 cm³/mol. The zero-order valence-electron chi connectivity index (χ0n) is 10.9. The molecule has 0 aromatic heterocycles. The van der Waals surface area contributed by atoms with E-state index in [1.807, 2.05) is 0 Å². The molecule has 0 saturated carbocycles. The lowest BCUT2D eigenvalue weighted by Gasteiger charge is -2.32. The van der Waals surface area contributed by atoms with E-state index in [0.29, 0.717) is 0 Å². The van der Waals surface area contributed by atoms with Crippen LogP contribution in [0, 0.1) is 5.41 Å². The van der Waals surface area contributed by atoms with Crippen LogP contribution in [0.3, 0.4) is 0 Å². The van der Waals surface area contributed by atoms with Crippen molar-refractivity contribution >= 4 is 11.6 Å². The Labute approximate surface area is 115 Å². The van der Waals surface area contributed by atoms with Gasteiger partial charge >= 0.3 is 6.18 Å². The van der Waals surface area contributed by atoms with Crippen molar-refractivity contribution in [2.45, 2.75) is 39.1 Å². The lowest BCUT2D eigenvalue weighted by Crippen LogP contribution is -2.38. The first kappa shape index (κ1) is 16.3. The molecule has 108 valence electrons. The first-order valence-electron chi connectivity index (χ1n) is 5.75. The van der Waals surface area contributed by atoms with Gasteiger partial charge in [-0.3, -0.25) is 0 Å². The van der Waals surface area contributed by atoms with Crippen molar-refractivity contribution in [1.29, 1.82) is 0 Å². The topological polar surface area (TPSA) is 46.2 Å². The van der Waals surface area contributed by atoms with Crippen molar-refractivity contribution in [3.8, 4) is 0 Å². The maximum atomic E-state index is 13.0. The summed E-state index contributed by atoms with van der Waals surface area (Å²) in [6.07, 6.45) is -5.66. The molecule has 6 heteroatoms. The average Bonchev–Trinajstić information content (AvgIpc) is 2.24. The number of aliphatic hydroxyl groups excluding tert-OH is 1. The van der Waals surface area contributed by atoms with Crippen LogP contribution in [0.25, 0.3) is 0 Å². The third-order valence-electron chi connectivity index (χ3n) is 2.91. The van der Waals surface area contributed by atoms with Gasteiger partial charge in [0.25, 0.3) is 0 Å². The zero-order chi connectivity index (χ0) is 15.0. The number of rotatable bonds is 2. The minimum atomic E-state index is -4.56. The molecule has 0 bridgehead atoms. The second-order valence-corrected chi connectivity index (χ2v) is 6.00. The van der Waals surface area contributed by atoms with Crippen LogP contribution in [0.5, 0.6) is 0 Å². The normalized spacial score (nSPS) is 16.3. The highest BCUT2D eigenvalue weighted by Crippen LogP contribution is 2.38. The molecule has 0 spiro atoms. The van der Waals surface area contributed by atoms with Gasteiger partial charge < -0.3 is 10.8 Å². The maximum Gasteiger partial charge on any atom is 0.416 e. The molecule has 3 N–H and O–H groups in total. The average molecular weight is 296 g/mol. The number of hydrogen-bond donors (Lipinski definition) is 2. The molecule has 19 heavy (non-hydrogen) atoms. The molecule has 1 aromatic rings. The van der Waals surface area contributed by atoms with Crippen LogP contribution in [0.2, 0.25) is 5.02 Å². The Bertz CT molecular complexity index is 454. The Kier molecular flexibility index (Phi) is 4.55. The van der Waals surface area contributed by atoms with Gasteiger partial charge in [0.1, 0.15) is 0 Å². The van der Waals surface area contributed by atoms with Crippen LogP contribution in [0.15, 0.2) is 18.2 Å². The molecule has 1 aromatic carbocycles. The molecule has 0 heterocycles. The van der Waals surface area contributed by atoms with Crippen LogP contribution >= 0.6 is 11.6 Å². The lowest BCUT2D eigenvalue weighted by molar-refractivity contribution is -0.138. The fourth-order valence-corrected chi connectivity index (χ4v) is 1.95. The van der Waals surface area contributed by atoms with E-state index >= 15 is 0 Å². The van der Waals surface area contributed by atoms with Gasteiger partial charge in [-0.2, -0.15) is 13.2 Å². The summed E-state index contributed by atoms with van der Waals surface area (Å²) in [6, 6.07) is 2.24. The zero-order valence-corrected chi connectivity index (χ0v) is 11.7. The molecule has 2 atom stereocenters. The monoisotopic (exact) mass is 295 g/mol. The number of hydrogen-bond acceptors (Lipinski definition) is 2. The fraction of sp³-hybridized carbons (Fsp3) is 0.538. The Morgan fingerprint density at radius 2 is 1.74 bits per heavy atom. The van der Waals surface area contributed by atoms with Crippen molar-refractivity contribution in [2.24, 2.45) is 11.1 Å². The molecule has 1 rings (SSSR count). The first-order valence-corrected chi connectivity index (χ1v) is 6.12. The van der Waals surface area contributed by atoms with Gasteiger partial charge in [-0.15, -0.1) is 0 Å². The lowest BCUT2D eigenvalue weighted by atomic mass is 9.81. The van der Waals surface area contributed by atoms with Gasteiger partial charge in [-0.25, -0.2) is 0 Å². The van der Waals surface area contributed by atoms with Crippen LogP contribution in [-0.4, -0.2) is 11.2 Å². The van der Waals surface area contributed by atoms with E-state index in [1.165, 1.54) is 12.1 Å². The van der Waals surface area contributed by atoms with E-state index in [0.717, 1.165) is 6.07 Å². The molecule has 0 aliphatic rings. The summed E-state index contributed by atoms with van der Waals surface area (Å²) in [5, 5.41) is 10.0. The third kappa shape index (κ3) is 3.84. The smallest absolute Gasteiger partial charge is 0.391 e. The molecule has 0 aliphatic heterocycles. The number of benzene rings is 1. The van der Waals surface area contributed by atoms with E-state index in [1.54, 1.807) is 20.8 Å². The van der Waals surface area contributed by atoms with Gasteiger partial charge in [0.2, 0.25) is 0 Å². The number of halogens is 4. The molecule has 0 saturated heterocycles. The van der Waals surface area contributed by atoms with E-state index < -0.39 is 29.3 Å². The summed E-state index contributed by atoms with van der Waals surface area (Å²) in [5.41, 5.74) is 4.10. The van der Waals surface area contributed by atoms with Crippen LogP contribution < -0.4 is 5.73 Å². The Morgan fingerprint density at radius 1 is 1.21 bits per heavy atom. The number of nitrogens with two attached hydrogens (primary N) is 1. The Balaban J connectivity index is 3.28. The fourth-order valence-electron chi connectivity index (χ4n) is 1.77. The minimum absolute atomic E-state index is 0.0199. The highest BCUT2D eigenvalue weighted by atomic mass is 35.5. The van der Waals surface area contributed by atoms with Crippen molar-refractivity contribution in [2.75, 3.05) is 0 Å². The van der Waals surface area contributed by atoms with Gasteiger partial charge in [0.05, 0.1) is 17.7 Å². The maximum absolute atomic E-state index is 13.0. The summed E-state index contributed by atoms with van der Waals surface area (Å²) >= 11 is 5.59. The van der Waals surface area contributed by atoms with Crippen molar-refractivity contribution in [1.82, 2.24) is 0 Å². The van der Waals surface area contributed by atoms with Crippen LogP contribution in [0.1, 0.15) is 37.9 Å². The third-order valence-corrected chi connectivity index (χ3v) is 3.14. The predicted octanol–water partition coefficient (Wildman–Crippen LogP) is 3.77. The molecule has 0 fully saturated rings. The molecule has 0 amide bonds. The van der Waals surface area contributed by atoms with E-state index in [-0.39, 0.29) is 10.6 Å². The standard InChI is InChI=1S/C13H17ClF3NO/c1-12(2,3)11(19)10(18)8-5-4-7(14)6-9(8)13(15,16)17/h4-6,10-11,19H,18H2,1-3H3/t10-,11-/m1/s1. The highest BCUT2D eigenvalue weighted by molar-refractivity contribution is 6.30. The summed E-state index contributed by atoms with van der Waals surface area (Å²) in [7, 11) is 0. The minimum Gasteiger partial charge on any atom is -0.391 e. The number of alkyl halides is 3. The Morgan fingerprint density at radius 3 is 2.16 bits per heavy atom. The quantitative estimate of drug-likeness (QED) is 0.872. The number of aliphatic hydroxyl groups is 1. The van der Waals surface area contributed by atoms with Crippen molar-refractivity contribution in [3.63, 3.8) is 0 Å². The Hall–Kier alpha value is -0.780. The van der Waals surface area contributed by atoms with Gasteiger partial charge in [-0.1, -0.05) is 38.4 Å². The van der Waals surface area contributed by atoms with Gasteiger partial charge in [0.15, 0.2) is 0 Å². The summed E-state index contributed by atoms with van der Waals surface area (Å²) in [6.45, 7) is 5.13. The summed E-state index contributed by atoms with van der Waals surface area (Å²) < 4.78 is 38.9. The second kappa shape index (κ2) is 5.31. The van der Waals surface area contributed by atoms with Crippen LogP contribution in [0.4, 0.5) is 13.2 Å². The van der Waals surface area contributed by atoms with Gasteiger partial charge in [0, 0.05) is 5.02 Å². The molecular formula is C13H17ClF3NO. The SMILES string of the molecule is CC(C)(C)[C@H](O)[C@H](N)c1ccc(Cl)cc1C(F)(F)F. The first-order chi connectivity index (χ1) is 8.44. The van der Waals surface area contributed by atoms with E-state index in [9.17, 15) is 18.3 Å². The van der Waals surface area contributed by atoms with E-state index in [4.69, 9.17) is 17.3 Å². The van der Waals surface area contributed by atoms with E-state index in [2.05, 4.69) is 0 Å². The molecule has 0 unspecified atom stereocenters. The largest absolute Gasteiger partial charge is 0.416 e. The second-order valence-electron chi connectivity index (χ2n) is 5.57. The summed E-state index contributed by atoms with van der Waals surface area (Å²) in [4.78, 5) is 0. The molecule has 0 radical (unpaired) electrons. The van der Waals surface area contributed by atoms with Crippen molar-refractivity contribution < 1.29 is 18.3 Å². The highest BCUT2D eigenvalue weighted by Gasteiger charge is 2.38. The van der Waals surface area contributed by atoms with Crippen molar-refractivity contribution in [3.05, 3.63) is 34.3 Å². The molecule has 2 nitrogen and oxygen atoms in total. The molecule has 0 aliphatic carbocycles.